The molecule has 6 heteroatoms. The highest BCUT2D eigenvalue weighted by molar-refractivity contribution is 7.10. The fourth-order valence-electron chi connectivity index (χ4n) is 3.07. The summed E-state index contributed by atoms with van der Waals surface area (Å²) in [6.45, 7) is 2.42. The van der Waals surface area contributed by atoms with Crippen LogP contribution in [0.15, 0.2) is 71.7 Å². The lowest BCUT2D eigenvalue weighted by atomic mass is 10.1. The second-order valence-electron chi connectivity index (χ2n) is 7.11. The Kier molecular flexibility index (Phi) is 8.01. The Labute approximate surface area is 186 Å². The van der Waals surface area contributed by atoms with Gasteiger partial charge in [-0.15, -0.1) is 11.3 Å². The number of benzene rings is 2. The van der Waals surface area contributed by atoms with E-state index in [1.807, 2.05) is 60.8 Å². The molecule has 0 atom stereocenters. The highest BCUT2D eigenvalue weighted by atomic mass is 32.1. The minimum Gasteiger partial charge on any atom is -0.497 e. The second-order valence-corrected chi connectivity index (χ2v) is 8.09. The molecule has 2 N–H and O–H groups in total. The van der Waals surface area contributed by atoms with Crippen LogP contribution in [-0.2, 0) is 11.2 Å². The number of methoxy groups -OCH3 is 1. The number of hydrogen-bond donors (Lipinski definition) is 2. The third kappa shape index (κ3) is 6.83. The van der Waals surface area contributed by atoms with E-state index in [2.05, 4.69) is 10.6 Å². The van der Waals surface area contributed by atoms with Gasteiger partial charge in [0.25, 0.3) is 11.8 Å². The molecule has 0 saturated heterocycles. The lowest BCUT2D eigenvalue weighted by Gasteiger charge is -2.11. The van der Waals surface area contributed by atoms with Crippen molar-refractivity contribution in [2.75, 3.05) is 13.7 Å². The lowest BCUT2D eigenvalue weighted by molar-refractivity contribution is -0.117. The number of aryl methyl sites for hydroxylation is 2. The maximum absolute atomic E-state index is 12.8. The van der Waals surface area contributed by atoms with Crippen LogP contribution in [0.5, 0.6) is 5.75 Å². The highest BCUT2D eigenvalue weighted by Gasteiger charge is 2.15. The number of amides is 2. The van der Waals surface area contributed by atoms with Gasteiger partial charge in [0.2, 0.25) is 0 Å². The Hall–Kier alpha value is -3.38. The third-order valence-corrected chi connectivity index (χ3v) is 5.48. The monoisotopic (exact) mass is 434 g/mol. The van der Waals surface area contributed by atoms with Crippen LogP contribution < -0.4 is 15.4 Å². The number of rotatable bonds is 9. The van der Waals surface area contributed by atoms with Crippen molar-refractivity contribution in [1.82, 2.24) is 10.6 Å². The van der Waals surface area contributed by atoms with Gasteiger partial charge in [0.05, 0.1) is 7.11 Å². The maximum Gasteiger partial charge on any atom is 0.267 e. The van der Waals surface area contributed by atoms with Crippen LogP contribution in [0.25, 0.3) is 6.08 Å². The normalized spacial score (nSPS) is 11.1. The molecule has 0 aliphatic rings. The molecule has 1 heterocycles. The van der Waals surface area contributed by atoms with Gasteiger partial charge in [-0.2, -0.15) is 0 Å². The average molecular weight is 435 g/mol. The summed E-state index contributed by atoms with van der Waals surface area (Å²) < 4.78 is 5.25. The van der Waals surface area contributed by atoms with Crippen molar-refractivity contribution in [2.45, 2.75) is 19.8 Å². The molecule has 1 aromatic heterocycles. The predicted molar refractivity (Wildman–Crippen MR) is 125 cm³/mol. The molecule has 0 radical (unpaired) electrons. The van der Waals surface area contributed by atoms with Gasteiger partial charge in [-0.05, 0) is 67.1 Å². The van der Waals surface area contributed by atoms with E-state index < -0.39 is 0 Å². The zero-order valence-electron chi connectivity index (χ0n) is 17.7. The third-order valence-electron chi connectivity index (χ3n) is 4.66. The Morgan fingerprint density at radius 1 is 1.06 bits per heavy atom. The topological polar surface area (TPSA) is 67.4 Å². The average Bonchev–Trinajstić information content (AvgIpc) is 3.29. The summed E-state index contributed by atoms with van der Waals surface area (Å²) in [7, 11) is 1.64. The Morgan fingerprint density at radius 3 is 2.65 bits per heavy atom. The fraction of sp³-hybridized carbons (Fsp3) is 0.200. The van der Waals surface area contributed by atoms with Gasteiger partial charge in [-0.1, -0.05) is 35.9 Å². The van der Waals surface area contributed by atoms with Crippen LogP contribution in [0.4, 0.5) is 0 Å². The van der Waals surface area contributed by atoms with Gasteiger partial charge in [-0.3, -0.25) is 9.59 Å². The Morgan fingerprint density at radius 2 is 1.90 bits per heavy atom. The summed E-state index contributed by atoms with van der Waals surface area (Å²) in [6.07, 6.45) is 3.30. The predicted octanol–water partition coefficient (Wildman–Crippen LogP) is 4.59. The molecule has 0 aliphatic heterocycles. The van der Waals surface area contributed by atoms with Gasteiger partial charge in [0, 0.05) is 17.0 Å². The molecular formula is C25H26N2O3S. The van der Waals surface area contributed by atoms with E-state index in [0.717, 1.165) is 34.6 Å². The molecule has 31 heavy (non-hydrogen) atoms. The zero-order valence-corrected chi connectivity index (χ0v) is 18.5. The molecule has 2 amide bonds. The van der Waals surface area contributed by atoms with Crippen molar-refractivity contribution in [3.63, 3.8) is 0 Å². The van der Waals surface area contributed by atoms with Crippen molar-refractivity contribution < 1.29 is 14.3 Å². The molecule has 2 aromatic carbocycles. The van der Waals surface area contributed by atoms with Crippen molar-refractivity contribution in [3.8, 4) is 5.75 Å². The first-order chi connectivity index (χ1) is 15.0. The molecule has 3 aromatic rings. The number of thiophene rings is 1. The van der Waals surface area contributed by atoms with E-state index in [4.69, 9.17) is 4.74 Å². The van der Waals surface area contributed by atoms with Crippen LogP contribution in [-0.4, -0.2) is 25.5 Å². The van der Waals surface area contributed by atoms with Gasteiger partial charge < -0.3 is 15.4 Å². The minimum absolute atomic E-state index is 0.232. The van der Waals surface area contributed by atoms with E-state index >= 15 is 0 Å². The molecule has 3 rings (SSSR count). The van der Waals surface area contributed by atoms with Crippen LogP contribution in [0, 0.1) is 6.92 Å². The summed E-state index contributed by atoms with van der Waals surface area (Å²) in [5.41, 5.74) is 2.88. The van der Waals surface area contributed by atoms with Crippen molar-refractivity contribution in [2.24, 2.45) is 0 Å². The van der Waals surface area contributed by atoms with Crippen molar-refractivity contribution in [3.05, 3.63) is 93.3 Å². The quantitative estimate of drug-likeness (QED) is 0.382. The Balaban J connectivity index is 1.62. The van der Waals surface area contributed by atoms with Gasteiger partial charge in [0.15, 0.2) is 0 Å². The summed E-state index contributed by atoms with van der Waals surface area (Å²) in [5.74, 6) is 0.208. The molecule has 0 aliphatic carbocycles. The first-order valence-electron chi connectivity index (χ1n) is 10.1. The molecule has 0 unspecified atom stereocenters. The van der Waals surface area contributed by atoms with E-state index in [9.17, 15) is 9.59 Å². The first kappa shape index (κ1) is 22.3. The SMILES string of the molecule is COc1cccc(CCCNC(=O)/C(=C/c2cccs2)NC(=O)c2cccc(C)c2)c1. The minimum atomic E-state index is -0.307. The summed E-state index contributed by atoms with van der Waals surface area (Å²) in [4.78, 5) is 26.4. The van der Waals surface area contributed by atoms with Crippen molar-refractivity contribution >= 4 is 29.2 Å². The van der Waals surface area contributed by atoms with Crippen molar-refractivity contribution in [1.29, 1.82) is 0 Å². The second kappa shape index (κ2) is 11.1. The number of carbonyl (C=O) groups excluding carboxylic acids is 2. The van der Waals surface area contributed by atoms with Gasteiger partial charge in [-0.25, -0.2) is 0 Å². The van der Waals surface area contributed by atoms with Crippen LogP contribution in [0.2, 0.25) is 0 Å². The zero-order chi connectivity index (χ0) is 22.1. The summed E-state index contributed by atoms with van der Waals surface area (Å²) in [5, 5.41) is 7.61. The molecule has 0 spiro atoms. The smallest absolute Gasteiger partial charge is 0.267 e. The highest BCUT2D eigenvalue weighted by Crippen LogP contribution is 2.15. The summed E-state index contributed by atoms with van der Waals surface area (Å²) in [6, 6.07) is 19.0. The molecule has 5 nitrogen and oxygen atoms in total. The summed E-state index contributed by atoms with van der Waals surface area (Å²) >= 11 is 1.50. The number of ether oxygens (including phenoxy) is 1. The number of nitrogens with one attached hydrogen (secondary N) is 2. The molecule has 0 fully saturated rings. The standard InChI is InChI=1S/C25H26N2O3S/c1-18-7-3-10-20(15-18)24(28)27-23(17-22-12-6-14-31-22)25(29)26-13-5-9-19-8-4-11-21(16-19)30-2/h3-4,6-8,10-12,14-17H,5,9,13H2,1-2H3,(H,26,29)(H,27,28)/b23-17-. The number of carbonyl (C=O) groups is 2. The van der Waals surface area contributed by atoms with Crippen LogP contribution in [0.1, 0.15) is 32.8 Å². The molecule has 160 valence electrons. The van der Waals surface area contributed by atoms with E-state index in [0.29, 0.717) is 12.1 Å². The lowest BCUT2D eigenvalue weighted by Crippen LogP contribution is -2.35. The van der Waals surface area contributed by atoms with E-state index in [1.165, 1.54) is 11.3 Å². The number of hydrogen-bond acceptors (Lipinski definition) is 4. The molecule has 0 bridgehead atoms. The molecule has 0 saturated carbocycles. The molecular weight excluding hydrogens is 408 g/mol. The maximum atomic E-state index is 12.8. The van der Waals surface area contributed by atoms with Gasteiger partial charge >= 0.3 is 0 Å². The van der Waals surface area contributed by atoms with Gasteiger partial charge in [0.1, 0.15) is 11.4 Å². The van der Waals surface area contributed by atoms with E-state index in [1.54, 1.807) is 25.3 Å². The van der Waals surface area contributed by atoms with Crippen LogP contribution >= 0.6 is 11.3 Å². The van der Waals surface area contributed by atoms with Crippen LogP contribution in [0.3, 0.4) is 0 Å². The first-order valence-corrected chi connectivity index (χ1v) is 11.0. The largest absolute Gasteiger partial charge is 0.497 e. The van der Waals surface area contributed by atoms with E-state index in [-0.39, 0.29) is 17.5 Å². The Bertz CT molecular complexity index is 1060. The fourth-order valence-corrected chi connectivity index (χ4v) is 3.73.